The Bertz CT molecular complexity index is 4240. The van der Waals surface area contributed by atoms with Gasteiger partial charge in [0.05, 0.1) is 55.4 Å². The number of fused-ring (bicyclic) bond motifs is 6. The third-order valence-corrected chi connectivity index (χ3v) is 18.2. The number of hydrogen-bond acceptors (Lipinski definition) is 23. The van der Waals surface area contributed by atoms with Crippen molar-refractivity contribution in [2.24, 2.45) is 15.1 Å². The molecule has 0 aromatic heterocycles. The average Bonchev–Trinajstić information content (AvgIpc) is 1.50. The molecule has 1 fully saturated rings. The summed E-state index contributed by atoms with van der Waals surface area (Å²) >= 11 is 0. The molecule has 5 aliphatic heterocycles. The minimum atomic E-state index is -5.32. The molecule has 5 aliphatic rings. The summed E-state index contributed by atoms with van der Waals surface area (Å²) in [4.78, 5) is 109. The fourth-order valence-electron chi connectivity index (χ4n) is 12.9. The number of hydrogen-bond donors (Lipinski definition) is 0. The molecule has 28 heteroatoms. The Balaban J connectivity index is 0.924. The molecule has 0 spiro atoms. The summed E-state index contributed by atoms with van der Waals surface area (Å²) in [5, 5.41) is 3.43. The maximum atomic E-state index is 14.8. The van der Waals surface area contributed by atoms with Gasteiger partial charge in [-0.05, 0) is 150 Å². The van der Waals surface area contributed by atoms with E-state index in [1.165, 1.54) is 38.5 Å². The first-order valence-electron chi connectivity index (χ1n) is 32.4. The van der Waals surface area contributed by atoms with Gasteiger partial charge in [-0.25, -0.2) is 0 Å². The van der Waals surface area contributed by atoms with Crippen LogP contribution in [0.2, 0.25) is 0 Å². The molecule has 0 aliphatic carbocycles. The molecule has 1 saturated heterocycles. The predicted octanol–water partition coefficient (Wildman–Crippen LogP) is 9.29. The first-order valence-corrected chi connectivity index (χ1v) is 33.7. The molecule has 0 radical (unpaired) electrons. The van der Waals surface area contributed by atoms with E-state index in [2.05, 4.69) is 22.2 Å². The zero-order chi connectivity index (χ0) is 70.8. The molecular weight excluding hydrogens is 1310 g/mol. The van der Waals surface area contributed by atoms with Gasteiger partial charge in [0.1, 0.15) is 30.0 Å². The third-order valence-electron chi connectivity index (χ3n) is 17.5. The SMILES string of the molecule is COc1cc2c(cc1CCc1cc(CCc3cc4c(cc3OC)C(=O)N3Cc5ccccc5C[C@H]3C=N4)cc(OS(=O)(=O)Oc3cc(C(=O)CCCOCCN=[N+]=[N-])ccc3OC3O[C@H](COC(C)=O)[C@H](OC(C)=O)[C@H](OC(C)=O)[C@H]3OC(C)=O)c1)N=C[C@@H]1Cc3ccccc3CN1C2=O. The fraction of sp³-hybridized carbons (Fsp3) is 0.375. The number of ether oxygens (including phenoxy) is 9. The van der Waals surface area contributed by atoms with E-state index in [1.54, 1.807) is 24.6 Å². The van der Waals surface area contributed by atoms with E-state index in [9.17, 15) is 42.0 Å². The van der Waals surface area contributed by atoms with Crippen LogP contribution < -0.4 is 22.6 Å². The molecule has 6 aromatic carbocycles. The lowest BCUT2D eigenvalue weighted by atomic mass is 9.93. The molecule has 27 nitrogen and oxygen atoms in total. The number of ketones is 1. The fourth-order valence-corrected chi connectivity index (χ4v) is 13.6. The van der Waals surface area contributed by atoms with E-state index in [0.29, 0.717) is 95.0 Å². The Hall–Kier alpha value is -10.7. The van der Waals surface area contributed by atoms with Gasteiger partial charge in [0.2, 0.25) is 12.4 Å². The van der Waals surface area contributed by atoms with Gasteiger partial charge in [0.25, 0.3) is 11.8 Å². The molecule has 0 saturated carbocycles. The van der Waals surface area contributed by atoms with Crippen molar-refractivity contribution in [3.63, 3.8) is 0 Å². The number of carbonyl (C=O) groups excluding carboxylic acids is 7. The van der Waals surface area contributed by atoms with Crippen LogP contribution in [0.3, 0.4) is 0 Å². The summed E-state index contributed by atoms with van der Waals surface area (Å²) in [5.74, 6) is -4.93. The number of rotatable bonds is 27. The van der Waals surface area contributed by atoms with Crippen molar-refractivity contribution in [2.45, 2.75) is 135 Å². The third kappa shape index (κ3) is 16.9. The second kappa shape index (κ2) is 31.5. The number of Topliss-reactive ketones (excluding diaryl/α,β-unsaturated/α-hetero) is 1. The first-order chi connectivity index (χ1) is 48.1. The number of amides is 2. The van der Waals surface area contributed by atoms with Crippen molar-refractivity contribution < 1.29 is 93.0 Å². The van der Waals surface area contributed by atoms with E-state index in [1.807, 2.05) is 64.4 Å². The lowest BCUT2D eigenvalue weighted by Crippen LogP contribution is -2.63. The molecule has 100 heavy (non-hydrogen) atoms. The lowest BCUT2D eigenvalue weighted by molar-refractivity contribution is -0.288. The van der Waals surface area contributed by atoms with Crippen molar-refractivity contribution in [2.75, 3.05) is 40.6 Å². The van der Waals surface area contributed by atoms with Gasteiger partial charge >= 0.3 is 34.3 Å². The van der Waals surface area contributed by atoms with Crippen molar-refractivity contribution in [1.82, 2.24) is 9.80 Å². The Morgan fingerprint density at radius 3 is 1.68 bits per heavy atom. The number of methoxy groups -OCH3 is 2. The smallest absolute Gasteiger partial charge is 0.496 e. The largest absolute Gasteiger partial charge is 0.501 e. The van der Waals surface area contributed by atoms with E-state index in [-0.39, 0.29) is 80.7 Å². The van der Waals surface area contributed by atoms with E-state index >= 15 is 0 Å². The van der Waals surface area contributed by atoms with Gasteiger partial charge in [-0.15, -0.1) is 8.42 Å². The van der Waals surface area contributed by atoms with E-state index < -0.39 is 88.9 Å². The topological polar surface area (TPSA) is 335 Å². The zero-order valence-electron chi connectivity index (χ0n) is 55.7. The van der Waals surface area contributed by atoms with Gasteiger partial charge in [-0.1, -0.05) is 59.7 Å². The molecule has 1 unspecified atom stereocenters. The van der Waals surface area contributed by atoms with E-state index in [0.717, 1.165) is 56.0 Å². The van der Waals surface area contributed by atoms with Crippen LogP contribution in [-0.2, 0) is 110 Å². The van der Waals surface area contributed by atoms with Crippen LogP contribution in [0.5, 0.6) is 28.7 Å². The van der Waals surface area contributed by atoms with Crippen molar-refractivity contribution in [1.29, 1.82) is 0 Å². The Labute approximate surface area is 576 Å². The molecule has 0 bridgehead atoms. The van der Waals surface area contributed by atoms with E-state index in [4.69, 9.17) is 66.5 Å². The molecule has 0 N–H and O–H groups in total. The van der Waals surface area contributed by atoms with Crippen LogP contribution >= 0.6 is 0 Å². The minimum Gasteiger partial charge on any atom is -0.496 e. The van der Waals surface area contributed by atoms with Crippen LogP contribution in [0.4, 0.5) is 11.4 Å². The number of nitrogens with zero attached hydrogens (tertiary/aromatic N) is 7. The van der Waals surface area contributed by atoms with Crippen LogP contribution in [0.1, 0.15) is 116 Å². The van der Waals surface area contributed by atoms with Crippen LogP contribution in [0.25, 0.3) is 10.4 Å². The van der Waals surface area contributed by atoms with Crippen LogP contribution in [0.15, 0.2) is 124 Å². The zero-order valence-corrected chi connectivity index (χ0v) is 56.5. The van der Waals surface area contributed by atoms with Crippen molar-refractivity contribution in [3.8, 4) is 28.7 Å². The highest BCUT2D eigenvalue weighted by atomic mass is 32.3. The highest BCUT2D eigenvalue weighted by Gasteiger charge is 2.54. The van der Waals surface area contributed by atoms with Crippen molar-refractivity contribution >= 4 is 75.7 Å². The minimum absolute atomic E-state index is 0.0650. The lowest BCUT2D eigenvalue weighted by Gasteiger charge is -2.43. The first kappa shape index (κ1) is 70.6. The molecule has 7 atom stereocenters. The number of esters is 4. The molecule has 522 valence electrons. The molecule has 6 aromatic rings. The molecular formula is C72H73N7O20S. The van der Waals surface area contributed by atoms with Crippen LogP contribution in [-0.4, -0.2) is 155 Å². The normalized spacial score (nSPS) is 19.4. The monoisotopic (exact) mass is 1390 g/mol. The van der Waals surface area contributed by atoms with Crippen LogP contribution in [0, 0.1) is 0 Å². The summed E-state index contributed by atoms with van der Waals surface area (Å²) in [6.45, 7) is 4.67. The maximum absolute atomic E-state index is 14.8. The Morgan fingerprint density at radius 1 is 0.610 bits per heavy atom. The molecule has 11 rings (SSSR count). The quantitative estimate of drug-likeness (QED) is 0.00881. The highest BCUT2D eigenvalue weighted by Crippen LogP contribution is 2.41. The van der Waals surface area contributed by atoms with Gasteiger partial charge < -0.3 is 60.8 Å². The maximum Gasteiger partial charge on any atom is 0.501 e. The number of aliphatic imine (C=N–C) groups is 2. The summed E-state index contributed by atoms with van der Waals surface area (Å²) in [7, 11) is -2.30. The van der Waals surface area contributed by atoms with Gasteiger partial charge in [0, 0.05) is 83.3 Å². The number of aryl methyl sites for hydroxylation is 4. The van der Waals surface area contributed by atoms with Gasteiger partial charge in [0.15, 0.2) is 29.5 Å². The van der Waals surface area contributed by atoms with Gasteiger partial charge in [-0.3, -0.25) is 43.5 Å². The van der Waals surface area contributed by atoms with Gasteiger partial charge in [-0.2, -0.15) is 0 Å². The summed E-state index contributed by atoms with van der Waals surface area (Å²) in [6.07, 6.45) is -2.44. The standard InChI is InChI=1S/C72H73N7O20S/c1-41(80)92-40-66-67(93-42(2)81)68(94-43(3)82)69(95-44(4)83)72(97-66)96-62-22-21-49(61(84)16-11-24-91-25-23-76-77-73)33-65(62)99-100(87,88)98-56-27-45(17-19-50-31-59-57(34-63(50)89-5)70(85)78-38-52-14-9-7-12-47(52)29-54(78)36-74-59)26-46(28-56)18-20-51-32-60-58(35-64(51)90-6)71(86)79-39-53-15-10-8-13-48(53)30-55(79)37-75-60/h7-10,12-15,21-22,26-28,31-37,54-55,66-69,72H,11,16-20,23-25,29-30,38-40H2,1-6H3/t54-,55-,66+,67-,68-,69+,72?/m0/s1. The second-order valence-corrected chi connectivity index (χ2v) is 25.5. The average molecular weight is 1390 g/mol. The molecule has 2 amide bonds. The summed E-state index contributed by atoms with van der Waals surface area (Å²) in [6, 6.07) is 30.9. The number of azide groups is 1. The second-order valence-electron chi connectivity index (χ2n) is 24.4. The Kier molecular flexibility index (Phi) is 22.2. The highest BCUT2D eigenvalue weighted by molar-refractivity contribution is 7.82. The Morgan fingerprint density at radius 2 is 1.15 bits per heavy atom. The molecule has 5 heterocycles. The summed E-state index contributed by atoms with van der Waals surface area (Å²) in [5.41, 5.74) is 17.2. The van der Waals surface area contributed by atoms with Crippen molar-refractivity contribution in [3.05, 3.63) is 181 Å². The summed E-state index contributed by atoms with van der Waals surface area (Å²) < 4.78 is 93.1. The predicted molar refractivity (Wildman–Crippen MR) is 359 cm³/mol. The number of benzene rings is 6. The number of carbonyl (C=O) groups is 7.